The van der Waals surface area contributed by atoms with Gasteiger partial charge in [-0.05, 0) is 29.3 Å². The van der Waals surface area contributed by atoms with E-state index < -0.39 is 22.6 Å². The van der Waals surface area contributed by atoms with Gasteiger partial charge in [-0.15, -0.1) is 11.8 Å². The number of nitrogens with one attached hydrogen (secondary N) is 2. The lowest BCUT2D eigenvalue weighted by Crippen LogP contribution is -2.53. The van der Waals surface area contributed by atoms with Crippen molar-refractivity contribution in [1.82, 2.24) is 10.2 Å². The summed E-state index contributed by atoms with van der Waals surface area (Å²) in [5.74, 6) is -1.76. The molecule has 3 saturated heterocycles. The van der Waals surface area contributed by atoms with Gasteiger partial charge in [-0.1, -0.05) is 46.3 Å². The van der Waals surface area contributed by atoms with Crippen molar-refractivity contribution in [3.05, 3.63) is 42.5 Å². The van der Waals surface area contributed by atoms with Gasteiger partial charge >= 0.3 is 0 Å². The Morgan fingerprint density at radius 2 is 1.97 bits per heavy atom. The van der Waals surface area contributed by atoms with Crippen LogP contribution in [0.2, 0.25) is 0 Å². The molecule has 3 fully saturated rings. The third kappa shape index (κ3) is 3.08. The number of thioether (sulfide) groups is 1. The predicted molar refractivity (Wildman–Crippen MR) is 128 cm³/mol. The largest absolute Gasteiger partial charge is 0.395 e. The summed E-state index contributed by atoms with van der Waals surface area (Å²) in [5, 5.41) is 17.3. The fourth-order valence-corrected chi connectivity index (χ4v) is 9.34. The van der Waals surface area contributed by atoms with Gasteiger partial charge in [0.15, 0.2) is 0 Å². The van der Waals surface area contributed by atoms with Gasteiger partial charge in [0.1, 0.15) is 6.04 Å². The molecule has 32 heavy (non-hydrogen) atoms. The Morgan fingerprint density at radius 3 is 2.69 bits per heavy atom. The molecule has 7 nitrogen and oxygen atoms in total. The summed E-state index contributed by atoms with van der Waals surface area (Å²) < 4.78 is -0.705. The van der Waals surface area contributed by atoms with Crippen LogP contribution in [0, 0.1) is 11.8 Å². The van der Waals surface area contributed by atoms with Crippen LogP contribution in [0.5, 0.6) is 0 Å². The van der Waals surface area contributed by atoms with Crippen molar-refractivity contribution in [1.29, 1.82) is 0 Å². The average Bonchev–Trinajstić information content (AvgIpc) is 3.37. The first-order chi connectivity index (χ1) is 15.4. The minimum Gasteiger partial charge on any atom is -0.395 e. The van der Waals surface area contributed by atoms with Crippen molar-refractivity contribution in [3.8, 4) is 0 Å². The summed E-state index contributed by atoms with van der Waals surface area (Å²) in [6.07, 6.45) is 0.615. The summed E-state index contributed by atoms with van der Waals surface area (Å²) in [4.78, 5) is 41.3. The van der Waals surface area contributed by atoms with Crippen molar-refractivity contribution in [2.24, 2.45) is 11.8 Å². The monoisotopic (exact) mass is 517 g/mol. The number of aliphatic hydroxyl groups is 1. The number of fused-ring (bicyclic) bond motifs is 2. The molecular formula is C23H24BrN3O4S. The second kappa shape index (κ2) is 8.04. The summed E-state index contributed by atoms with van der Waals surface area (Å²) in [7, 11) is 1.57. The number of carbonyl (C=O) groups excluding carboxylic acids is 3. The van der Waals surface area contributed by atoms with Crippen LogP contribution < -0.4 is 10.6 Å². The minimum absolute atomic E-state index is 0.0314. The molecule has 3 heterocycles. The smallest absolute Gasteiger partial charge is 0.248 e. The lowest BCUT2D eigenvalue weighted by atomic mass is 9.70. The number of halogens is 1. The Bertz CT molecular complexity index is 1110. The van der Waals surface area contributed by atoms with Crippen LogP contribution in [0.25, 0.3) is 10.8 Å². The molecule has 1 spiro atoms. The highest BCUT2D eigenvalue weighted by Gasteiger charge is 2.75. The zero-order chi connectivity index (χ0) is 22.6. The molecule has 2 aromatic rings. The van der Waals surface area contributed by atoms with Crippen molar-refractivity contribution >= 4 is 61.9 Å². The number of hydrogen-bond donors (Lipinski definition) is 3. The number of benzene rings is 2. The standard InChI is InChI=1S/C23H24BrN3O4S/c1-25-20(29)16-17-22(31)27(8-9-28)19(23(17)11-15(24)18(16)32-23)21(30)26-14-7-6-12-4-2-3-5-13(12)10-14/h2-7,10,15-19,28H,8-9,11H2,1H3,(H,25,29)(H,26,30)/t15?,16-,17-,18-,19?,23?/m0/s1. The molecular weight excluding hydrogens is 494 g/mol. The summed E-state index contributed by atoms with van der Waals surface area (Å²) >= 11 is 5.28. The number of alkyl halides is 1. The van der Waals surface area contributed by atoms with Crippen LogP contribution in [0.15, 0.2) is 42.5 Å². The number of anilines is 1. The molecule has 9 heteroatoms. The second-order valence-corrected chi connectivity index (χ2v) is 11.3. The van der Waals surface area contributed by atoms with Gasteiger partial charge in [-0.25, -0.2) is 0 Å². The second-order valence-electron chi connectivity index (χ2n) is 8.58. The van der Waals surface area contributed by atoms with Crippen LogP contribution in [0.1, 0.15) is 6.42 Å². The number of hydrogen-bond acceptors (Lipinski definition) is 5. The van der Waals surface area contributed by atoms with Crippen LogP contribution in [-0.2, 0) is 14.4 Å². The Morgan fingerprint density at radius 1 is 1.22 bits per heavy atom. The molecule has 6 atom stereocenters. The van der Waals surface area contributed by atoms with E-state index in [4.69, 9.17) is 0 Å². The number of likely N-dealkylation sites (tertiary alicyclic amines) is 1. The minimum atomic E-state index is -0.761. The van der Waals surface area contributed by atoms with E-state index in [1.54, 1.807) is 18.8 Å². The molecule has 0 radical (unpaired) electrons. The zero-order valence-corrected chi connectivity index (χ0v) is 19.9. The number of carbonyl (C=O) groups is 3. The van der Waals surface area contributed by atoms with Gasteiger partial charge in [0.25, 0.3) is 0 Å². The highest BCUT2D eigenvalue weighted by molar-refractivity contribution is 9.09. The molecule has 3 aliphatic heterocycles. The zero-order valence-electron chi connectivity index (χ0n) is 17.5. The molecule has 5 rings (SSSR count). The first-order valence-corrected chi connectivity index (χ1v) is 12.5. The van der Waals surface area contributed by atoms with Gasteiger partial charge in [-0.3, -0.25) is 14.4 Å². The highest BCUT2D eigenvalue weighted by atomic mass is 79.9. The Kier molecular flexibility index (Phi) is 5.46. The lowest BCUT2D eigenvalue weighted by Gasteiger charge is -2.35. The summed E-state index contributed by atoms with van der Waals surface area (Å²) in [5.41, 5.74) is 0.653. The van der Waals surface area contributed by atoms with Crippen molar-refractivity contribution in [2.75, 3.05) is 25.5 Å². The maximum Gasteiger partial charge on any atom is 0.248 e. The SMILES string of the molecule is CNC(=O)[C@H]1[C@H]2C(=O)N(CCO)C(C(=O)Nc3ccc4ccccc4c3)C23CC(Br)[C@@H]1S3. The van der Waals surface area contributed by atoms with E-state index in [-0.39, 0.29) is 41.0 Å². The Hall–Kier alpha value is -2.10. The quantitative estimate of drug-likeness (QED) is 0.526. The molecule has 3 amide bonds. The van der Waals surface area contributed by atoms with E-state index in [1.807, 2.05) is 42.5 Å². The van der Waals surface area contributed by atoms with Gasteiger partial charge in [0, 0.05) is 29.4 Å². The van der Waals surface area contributed by atoms with Gasteiger partial charge in [0.2, 0.25) is 17.7 Å². The third-order valence-corrected chi connectivity index (χ3v) is 10.2. The fraction of sp³-hybridized carbons (Fsp3) is 0.435. The van der Waals surface area contributed by atoms with Crippen LogP contribution in [-0.4, -0.2) is 68.8 Å². The van der Waals surface area contributed by atoms with Crippen molar-refractivity contribution in [3.63, 3.8) is 0 Å². The molecule has 0 saturated carbocycles. The van der Waals surface area contributed by atoms with E-state index in [9.17, 15) is 19.5 Å². The third-order valence-electron chi connectivity index (χ3n) is 6.94. The van der Waals surface area contributed by atoms with E-state index in [0.29, 0.717) is 12.1 Å². The Balaban J connectivity index is 1.51. The summed E-state index contributed by atoms with van der Waals surface area (Å²) in [6, 6.07) is 12.8. The number of β-amino-alcohol motifs (C(OH)–C–C–N with tert-alkyl or cyclic N) is 1. The maximum atomic E-state index is 13.6. The number of aliphatic hydroxyl groups excluding tert-OH is 1. The maximum absolute atomic E-state index is 13.6. The van der Waals surface area contributed by atoms with Gasteiger partial charge in [-0.2, -0.15) is 0 Å². The molecule has 0 aliphatic carbocycles. The van der Waals surface area contributed by atoms with E-state index in [2.05, 4.69) is 26.6 Å². The molecule has 3 unspecified atom stereocenters. The summed E-state index contributed by atoms with van der Waals surface area (Å²) in [6.45, 7) is -0.184. The topological polar surface area (TPSA) is 98.7 Å². The molecule has 3 aliphatic rings. The Labute approximate surface area is 198 Å². The molecule has 2 aromatic carbocycles. The van der Waals surface area contributed by atoms with E-state index in [0.717, 1.165) is 10.8 Å². The highest BCUT2D eigenvalue weighted by Crippen LogP contribution is 2.67. The average molecular weight is 518 g/mol. The first kappa shape index (κ1) is 21.7. The number of amides is 3. The van der Waals surface area contributed by atoms with Gasteiger partial charge < -0.3 is 20.6 Å². The number of rotatable bonds is 5. The molecule has 0 aromatic heterocycles. The van der Waals surface area contributed by atoms with Gasteiger partial charge in [0.05, 0.1) is 23.2 Å². The molecule has 3 N–H and O–H groups in total. The van der Waals surface area contributed by atoms with Crippen molar-refractivity contribution in [2.45, 2.75) is 27.3 Å². The van der Waals surface area contributed by atoms with Crippen LogP contribution in [0.3, 0.4) is 0 Å². The normalized spacial score (nSPS) is 32.9. The number of nitrogens with zero attached hydrogens (tertiary/aromatic N) is 1. The molecule has 2 bridgehead atoms. The predicted octanol–water partition coefficient (Wildman–Crippen LogP) is 1.98. The fourth-order valence-electron chi connectivity index (χ4n) is 5.72. The van der Waals surface area contributed by atoms with E-state index in [1.165, 1.54) is 4.90 Å². The van der Waals surface area contributed by atoms with E-state index >= 15 is 0 Å². The van der Waals surface area contributed by atoms with Crippen LogP contribution >= 0.6 is 27.7 Å². The first-order valence-electron chi connectivity index (χ1n) is 10.7. The van der Waals surface area contributed by atoms with Crippen molar-refractivity contribution < 1.29 is 19.5 Å². The lowest BCUT2D eigenvalue weighted by molar-refractivity contribution is -0.139. The molecule has 168 valence electrons. The van der Waals surface area contributed by atoms with Crippen LogP contribution in [0.4, 0.5) is 5.69 Å².